The number of benzene rings is 3. The molecule has 0 aliphatic carbocycles. The van der Waals surface area contributed by atoms with Crippen LogP contribution in [0.1, 0.15) is 27.4 Å². The lowest BCUT2D eigenvalue weighted by molar-refractivity contribution is -0.384. The largest absolute Gasteiger partial charge is 0.325 e. The molecule has 3 aromatic carbocycles. The van der Waals surface area contributed by atoms with E-state index in [1.165, 1.54) is 29.4 Å². The summed E-state index contributed by atoms with van der Waals surface area (Å²) < 4.78 is 29.7. The molecule has 0 atom stereocenters. The van der Waals surface area contributed by atoms with Crippen molar-refractivity contribution in [2.24, 2.45) is 0 Å². The molecule has 0 spiro atoms. The summed E-state index contributed by atoms with van der Waals surface area (Å²) in [5.41, 5.74) is 1.65. The second kappa shape index (κ2) is 10.5. The highest BCUT2D eigenvalue weighted by Crippen LogP contribution is 2.19. The molecule has 2 aromatic heterocycles. The van der Waals surface area contributed by atoms with E-state index in [2.05, 4.69) is 15.2 Å². The Morgan fingerprint density at radius 3 is 2.53 bits per heavy atom. The highest BCUT2D eigenvalue weighted by atomic mass is 19.1. The third-order valence-electron chi connectivity index (χ3n) is 6.01. The minimum absolute atomic E-state index is 0.0290. The molecule has 0 radical (unpaired) electrons. The zero-order valence-corrected chi connectivity index (χ0v) is 19.9. The topological polar surface area (TPSA) is 107 Å². The predicted octanol–water partition coefficient (Wildman–Crippen LogP) is 4.90. The molecule has 0 fully saturated rings. The fraction of sp³-hybridized carbons (Fsp3) is 0.111. The SMILES string of the molecule is O=C(c1ccc2ccccc2n1)N(Cc1ccc(F)cc1F)Cc1nncn1Cc1ccc([N+](=O)[O-])cc1. The van der Waals surface area contributed by atoms with Crippen molar-refractivity contribution in [2.45, 2.75) is 19.6 Å². The van der Waals surface area contributed by atoms with Gasteiger partial charge in [0.15, 0.2) is 5.82 Å². The molecule has 0 N–H and O–H groups in total. The van der Waals surface area contributed by atoms with Gasteiger partial charge in [-0.15, -0.1) is 10.2 Å². The molecular formula is C27H20F2N6O3. The van der Waals surface area contributed by atoms with E-state index in [1.54, 1.807) is 34.9 Å². The van der Waals surface area contributed by atoms with Crippen molar-refractivity contribution in [1.29, 1.82) is 0 Å². The summed E-state index contributed by atoms with van der Waals surface area (Å²) in [6.45, 7) is 0.0858. The molecular weight excluding hydrogens is 494 g/mol. The zero-order valence-electron chi connectivity index (χ0n) is 19.9. The summed E-state index contributed by atoms with van der Waals surface area (Å²) in [6, 6.07) is 20.0. The van der Waals surface area contributed by atoms with Gasteiger partial charge >= 0.3 is 0 Å². The fourth-order valence-corrected chi connectivity index (χ4v) is 4.03. The van der Waals surface area contributed by atoms with Crippen LogP contribution in [0.2, 0.25) is 0 Å². The van der Waals surface area contributed by atoms with E-state index in [-0.39, 0.29) is 30.0 Å². The molecule has 0 saturated heterocycles. The zero-order chi connectivity index (χ0) is 26.6. The number of hydrogen-bond acceptors (Lipinski definition) is 6. The maximum Gasteiger partial charge on any atom is 0.273 e. The van der Waals surface area contributed by atoms with Crippen LogP contribution in [0.15, 0.2) is 85.2 Å². The number of carbonyl (C=O) groups is 1. The molecule has 0 aliphatic heterocycles. The van der Waals surface area contributed by atoms with Crippen molar-refractivity contribution in [2.75, 3.05) is 0 Å². The van der Waals surface area contributed by atoms with E-state index < -0.39 is 22.5 Å². The fourth-order valence-electron chi connectivity index (χ4n) is 4.03. The molecule has 11 heteroatoms. The first-order chi connectivity index (χ1) is 18.4. The maximum atomic E-state index is 14.5. The lowest BCUT2D eigenvalue weighted by Gasteiger charge is -2.23. The van der Waals surface area contributed by atoms with E-state index in [9.17, 15) is 23.7 Å². The third-order valence-corrected chi connectivity index (χ3v) is 6.01. The van der Waals surface area contributed by atoms with Gasteiger partial charge in [0.1, 0.15) is 23.7 Å². The number of non-ortho nitro benzene ring substituents is 1. The molecule has 0 aliphatic rings. The number of nitrogens with zero attached hydrogens (tertiary/aromatic N) is 6. The van der Waals surface area contributed by atoms with Gasteiger partial charge in [0.25, 0.3) is 11.6 Å². The number of pyridine rings is 1. The van der Waals surface area contributed by atoms with Gasteiger partial charge in [-0.3, -0.25) is 14.9 Å². The number of hydrogen-bond donors (Lipinski definition) is 0. The van der Waals surface area contributed by atoms with Crippen LogP contribution >= 0.6 is 0 Å². The highest BCUT2D eigenvalue weighted by molar-refractivity contribution is 5.94. The van der Waals surface area contributed by atoms with Gasteiger partial charge in [0, 0.05) is 35.7 Å². The minimum atomic E-state index is -0.776. The van der Waals surface area contributed by atoms with Gasteiger partial charge in [0.05, 0.1) is 23.5 Å². The molecule has 38 heavy (non-hydrogen) atoms. The van der Waals surface area contributed by atoms with E-state index in [0.29, 0.717) is 17.9 Å². The number of nitro benzene ring substituents is 1. The summed E-state index contributed by atoms with van der Waals surface area (Å²) in [4.78, 5) is 29.9. The lowest BCUT2D eigenvalue weighted by Crippen LogP contribution is -2.32. The number of halogens is 2. The summed E-state index contributed by atoms with van der Waals surface area (Å²) in [7, 11) is 0. The van der Waals surface area contributed by atoms with E-state index in [4.69, 9.17) is 0 Å². The van der Waals surface area contributed by atoms with Crippen LogP contribution in [0.5, 0.6) is 0 Å². The second-order valence-corrected chi connectivity index (χ2v) is 8.58. The number of para-hydroxylation sites is 1. The summed E-state index contributed by atoms with van der Waals surface area (Å²) in [5, 5.41) is 19.9. The number of nitro groups is 1. The summed E-state index contributed by atoms with van der Waals surface area (Å²) in [5.74, 6) is -1.56. The predicted molar refractivity (Wildman–Crippen MR) is 134 cm³/mol. The molecule has 190 valence electrons. The van der Waals surface area contributed by atoms with Gasteiger partial charge in [-0.1, -0.05) is 42.5 Å². The van der Waals surface area contributed by atoms with Gasteiger partial charge in [-0.2, -0.15) is 0 Å². The lowest BCUT2D eigenvalue weighted by atomic mass is 10.1. The highest BCUT2D eigenvalue weighted by Gasteiger charge is 2.22. The Hall–Kier alpha value is -5.06. The normalized spacial score (nSPS) is 11.0. The average Bonchev–Trinajstić information content (AvgIpc) is 3.35. The number of amides is 1. The first-order valence-corrected chi connectivity index (χ1v) is 11.6. The average molecular weight is 514 g/mol. The van der Waals surface area contributed by atoms with Crippen LogP contribution in [-0.4, -0.2) is 35.5 Å². The van der Waals surface area contributed by atoms with E-state index in [0.717, 1.165) is 23.1 Å². The van der Waals surface area contributed by atoms with Crippen molar-refractivity contribution >= 4 is 22.5 Å². The van der Waals surface area contributed by atoms with Crippen LogP contribution in [0.3, 0.4) is 0 Å². The molecule has 1 amide bonds. The van der Waals surface area contributed by atoms with Crippen LogP contribution in [0.4, 0.5) is 14.5 Å². The smallest absolute Gasteiger partial charge is 0.273 e. The Kier molecular flexibility index (Phi) is 6.81. The molecule has 5 rings (SSSR count). The second-order valence-electron chi connectivity index (χ2n) is 8.58. The Morgan fingerprint density at radius 1 is 0.974 bits per heavy atom. The molecule has 0 saturated carbocycles. The number of rotatable bonds is 8. The van der Waals surface area contributed by atoms with Crippen LogP contribution < -0.4 is 0 Å². The van der Waals surface area contributed by atoms with E-state index in [1.807, 2.05) is 18.2 Å². The van der Waals surface area contributed by atoms with Crippen molar-refractivity contribution in [3.05, 3.63) is 130 Å². The Bertz CT molecular complexity index is 1640. The van der Waals surface area contributed by atoms with Gasteiger partial charge in [-0.25, -0.2) is 13.8 Å². The van der Waals surface area contributed by atoms with Crippen molar-refractivity contribution in [3.63, 3.8) is 0 Å². The Labute approximate surface area is 215 Å². The first-order valence-electron chi connectivity index (χ1n) is 11.6. The van der Waals surface area contributed by atoms with Gasteiger partial charge < -0.3 is 9.47 Å². The Balaban J connectivity index is 1.45. The number of aromatic nitrogens is 4. The summed E-state index contributed by atoms with van der Waals surface area (Å²) in [6.07, 6.45) is 1.48. The number of carbonyl (C=O) groups excluding carboxylic acids is 1. The van der Waals surface area contributed by atoms with Gasteiger partial charge in [0.2, 0.25) is 0 Å². The number of fused-ring (bicyclic) bond motifs is 1. The maximum absolute atomic E-state index is 14.5. The molecule has 0 unspecified atom stereocenters. The standard InChI is InChI=1S/C27H20F2N6O3/c28-21-9-7-20(23(29)13-21)15-33(27(36)25-12-8-19-3-1-2-4-24(19)31-25)16-26-32-30-17-34(26)14-18-5-10-22(11-6-18)35(37)38/h1-13,17H,14-16H2. The van der Waals surface area contributed by atoms with E-state index >= 15 is 0 Å². The van der Waals surface area contributed by atoms with Crippen molar-refractivity contribution in [1.82, 2.24) is 24.6 Å². The van der Waals surface area contributed by atoms with Crippen LogP contribution in [0, 0.1) is 21.7 Å². The van der Waals surface area contributed by atoms with Crippen LogP contribution in [0.25, 0.3) is 10.9 Å². The molecule has 9 nitrogen and oxygen atoms in total. The molecule has 0 bridgehead atoms. The molecule has 2 heterocycles. The third kappa shape index (κ3) is 5.36. The van der Waals surface area contributed by atoms with Gasteiger partial charge in [-0.05, 0) is 23.8 Å². The van der Waals surface area contributed by atoms with Crippen molar-refractivity contribution in [3.8, 4) is 0 Å². The van der Waals surface area contributed by atoms with Crippen molar-refractivity contribution < 1.29 is 18.5 Å². The Morgan fingerprint density at radius 2 is 1.76 bits per heavy atom. The van der Waals surface area contributed by atoms with Crippen LogP contribution in [-0.2, 0) is 19.6 Å². The first kappa shape index (κ1) is 24.6. The summed E-state index contributed by atoms with van der Waals surface area (Å²) >= 11 is 0. The quantitative estimate of drug-likeness (QED) is 0.215. The molecule has 5 aromatic rings. The monoisotopic (exact) mass is 514 g/mol. The minimum Gasteiger partial charge on any atom is -0.325 e.